The van der Waals surface area contributed by atoms with E-state index in [2.05, 4.69) is 4.98 Å². The summed E-state index contributed by atoms with van der Waals surface area (Å²) < 4.78 is 14.6. The maximum Gasteiger partial charge on any atom is 0.131 e. The SMILES string of the molecule is CC(C)C(F)(CN)Cc1nc(-c2ccccc2)cs1. The van der Waals surface area contributed by atoms with E-state index in [0.29, 0.717) is 6.42 Å². The largest absolute Gasteiger partial charge is 0.328 e. The van der Waals surface area contributed by atoms with Gasteiger partial charge < -0.3 is 5.73 Å². The van der Waals surface area contributed by atoms with Gasteiger partial charge >= 0.3 is 0 Å². The number of nitrogens with zero attached hydrogens (tertiary/aromatic N) is 1. The monoisotopic (exact) mass is 278 g/mol. The summed E-state index contributed by atoms with van der Waals surface area (Å²) in [5.74, 6) is -0.110. The molecule has 0 aliphatic heterocycles. The first-order valence-electron chi connectivity index (χ1n) is 6.44. The molecule has 0 aliphatic carbocycles. The van der Waals surface area contributed by atoms with E-state index < -0.39 is 5.67 Å². The molecule has 0 amide bonds. The van der Waals surface area contributed by atoms with Crippen LogP contribution in [-0.4, -0.2) is 17.2 Å². The zero-order valence-electron chi connectivity index (χ0n) is 11.3. The summed E-state index contributed by atoms with van der Waals surface area (Å²) in [4.78, 5) is 4.52. The maximum atomic E-state index is 14.6. The fourth-order valence-electron chi connectivity index (χ4n) is 1.90. The molecular formula is C15H19FN2S. The van der Waals surface area contributed by atoms with Gasteiger partial charge in [0.25, 0.3) is 0 Å². The number of alkyl halides is 1. The molecule has 2 nitrogen and oxygen atoms in total. The van der Waals surface area contributed by atoms with Crippen LogP contribution in [0.5, 0.6) is 0 Å². The highest BCUT2D eigenvalue weighted by atomic mass is 32.1. The van der Waals surface area contributed by atoms with Crippen LogP contribution in [0.15, 0.2) is 35.7 Å². The Morgan fingerprint density at radius 3 is 2.58 bits per heavy atom. The van der Waals surface area contributed by atoms with Crippen molar-refractivity contribution in [3.63, 3.8) is 0 Å². The van der Waals surface area contributed by atoms with Crippen LogP contribution in [0.25, 0.3) is 11.3 Å². The van der Waals surface area contributed by atoms with Crippen molar-refractivity contribution in [1.82, 2.24) is 4.98 Å². The minimum absolute atomic E-state index is 0.0327. The Morgan fingerprint density at radius 1 is 1.32 bits per heavy atom. The molecule has 1 heterocycles. The summed E-state index contributed by atoms with van der Waals surface area (Å²) in [6.07, 6.45) is 0.290. The molecule has 1 unspecified atom stereocenters. The maximum absolute atomic E-state index is 14.6. The van der Waals surface area contributed by atoms with Gasteiger partial charge in [-0.15, -0.1) is 11.3 Å². The lowest BCUT2D eigenvalue weighted by molar-refractivity contribution is 0.110. The van der Waals surface area contributed by atoms with Crippen molar-refractivity contribution in [2.75, 3.05) is 6.54 Å². The fraction of sp³-hybridized carbons (Fsp3) is 0.400. The number of hydrogen-bond acceptors (Lipinski definition) is 3. The lowest BCUT2D eigenvalue weighted by Gasteiger charge is -2.26. The number of thiazole rings is 1. The molecule has 1 aromatic carbocycles. The second kappa shape index (κ2) is 5.80. The summed E-state index contributed by atoms with van der Waals surface area (Å²) in [7, 11) is 0. The zero-order chi connectivity index (χ0) is 13.9. The van der Waals surface area contributed by atoms with Crippen molar-refractivity contribution < 1.29 is 4.39 Å². The predicted octanol–water partition coefficient (Wildman–Crippen LogP) is 3.68. The lowest BCUT2D eigenvalue weighted by Crippen LogP contribution is -2.40. The van der Waals surface area contributed by atoms with Crippen molar-refractivity contribution in [3.05, 3.63) is 40.7 Å². The fourth-order valence-corrected chi connectivity index (χ4v) is 2.81. The van der Waals surface area contributed by atoms with Crippen LogP contribution >= 0.6 is 11.3 Å². The van der Waals surface area contributed by atoms with Crippen LogP contribution in [0.2, 0.25) is 0 Å². The number of benzene rings is 1. The number of aromatic nitrogens is 1. The summed E-state index contributed by atoms with van der Waals surface area (Å²) >= 11 is 1.50. The number of hydrogen-bond donors (Lipinski definition) is 1. The lowest BCUT2D eigenvalue weighted by atomic mass is 9.89. The molecule has 0 fully saturated rings. The van der Waals surface area contributed by atoms with E-state index in [9.17, 15) is 4.39 Å². The molecule has 1 aromatic heterocycles. The first-order chi connectivity index (χ1) is 9.05. The molecule has 0 spiro atoms. The summed E-state index contributed by atoms with van der Waals surface area (Å²) in [6.45, 7) is 3.75. The Balaban J connectivity index is 2.18. The number of nitrogens with two attached hydrogens (primary N) is 1. The molecule has 0 bridgehead atoms. The van der Waals surface area contributed by atoms with Gasteiger partial charge in [0.1, 0.15) is 5.67 Å². The molecule has 4 heteroatoms. The standard InChI is InChI=1S/C15H19FN2S/c1-11(2)15(16,10-17)8-14-18-13(9-19-14)12-6-4-3-5-7-12/h3-7,9,11H,8,10,17H2,1-2H3. The molecule has 1 atom stereocenters. The van der Waals surface area contributed by atoms with Gasteiger partial charge in [-0.05, 0) is 5.92 Å². The van der Waals surface area contributed by atoms with Crippen molar-refractivity contribution in [1.29, 1.82) is 0 Å². The topological polar surface area (TPSA) is 38.9 Å². The first kappa shape index (κ1) is 14.2. The second-order valence-electron chi connectivity index (χ2n) is 5.06. The van der Waals surface area contributed by atoms with Crippen LogP contribution in [0.4, 0.5) is 4.39 Å². The molecule has 0 saturated heterocycles. The van der Waals surface area contributed by atoms with Crippen molar-refractivity contribution in [3.8, 4) is 11.3 Å². The van der Waals surface area contributed by atoms with Gasteiger partial charge in [-0.2, -0.15) is 0 Å². The molecule has 0 aliphatic rings. The van der Waals surface area contributed by atoms with Crippen LogP contribution in [-0.2, 0) is 6.42 Å². The van der Waals surface area contributed by atoms with E-state index in [4.69, 9.17) is 5.73 Å². The van der Waals surface area contributed by atoms with Crippen LogP contribution < -0.4 is 5.73 Å². The second-order valence-corrected chi connectivity index (χ2v) is 6.01. The molecule has 2 rings (SSSR count). The molecule has 19 heavy (non-hydrogen) atoms. The van der Waals surface area contributed by atoms with E-state index in [1.165, 1.54) is 11.3 Å². The average molecular weight is 278 g/mol. The third-order valence-electron chi connectivity index (χ3n) is 3.44. The van der Waals surface area contributed by atoms with Crippen LogP contribution in [0.1, 0.15) is 18.9 Å². The third-order valence-corrected chi connectivity index (χ3v) is 4.29. The molecule has 0 radical (unpaired) electrons. The van der Waals surface area contributed by atoms with Gasteiger partial charge in [0.05, 0.1) is 10.7 Å². The summed E-state index contributed by atoms with van der Waals surface area (Å²) in [6, 6.07) is 9.93. The minimum Gasteiger partial charge on any atom is -0.328 e. The zero-order valence-corrected chi connectivity index (χ0v) is 12.1. The number of halogens is 1. The van der Waals surface area contributed by atoms with Crippen molar-refractivity contribution >= 4 is 11.3 Å². The highest BCUT2D eigenvalue weighted by Gasteiger charge is 2.33. The van der Waals surface area contributed by atoms with E-state index in [1.807, 2.05) is 49.6 Å². The Kier molecular flexibility index (Phi) is 4.32. The van der Waals surface area contributed by atoms with Crippen LogP contribution in [0, 0.1) is 5.92 Å². The number of rotatable bonds is 5. The van der Waals surface area contributed by atoms with Gasteiger partial charge in [0.2, 0.25) is 0 Å². The first-order valence-corrected chi connectivity index (χ1v) is 7.32. The van der Waals surface area contributed by atoms with E-state index in [0.717, 1.165) is 16.3 Å². The molecular weight excluding hydrogens is 259 g/mol. The highest BCUT2D eigenvalue weighted by molar-refractivity contribution is 7.09. The van der Waals surface area contributed by atoms with Gasteiger partial charge in [-0.3, -0.25) is 0 Å². The Morgan fingerprint density at radius 2 is 2.00 bits per heavy atom. The highest BCUT2D eigenvalue weighted by Crippen LogP contribution is 2.29. The van der Waals surface area contributed by atoms with E-state index in [1.54, 1.807) is 0 Å². The van der Waals surface area contributed by atoms with Gasteiger partial charge in [-0.1, -0.05) is 44.2 Å². The smallest absolute Gasteiger partial charge is 0.131 e. The average Bonchev–Trinajstić information content (AvgIpc) is 2.87. The van der Waals surface area contributed by atoms with Gasteiger partial charge in [0, 0.05) is 23.9 Å². The molecule has 0 saturated carbocycles. The third kappa shape index (κ3) is 3.19. The van der Waals surface area contributed by atoms with E-state index in [-0.39, 0.29) is 12.5 Å². The predicted molar refractivity (Wildman–Crippen MR) is 79.0 cm³/mol. The van der Waals surface area contributed by atoms with Gasteiger partial charge in [0.15, 0.2) is 0 Å². The molecule has 2 aromatic rings. The Hall–Kier alpha value is -1.26. The van der Waals surface area contributed by atoms with Crippen LogP contribution in [0.3, 0.4) is 0 Å². The Labute approximate surface area is 117 Å². The summed E-state index contributed by atoms with van der Waals surface area (Å²) in [5, 5.41) is 2.78. The molecule has 102 valence electrons. The van der Waals surface area contributed by atoms with Crippen molar-refractivity contribution in [2.45, 2.75) is 25.9 Å². The molecule has 2 N–H and O–H groups in total. The Bertz CT molecular complexity index is 524. The van der Waals surface area contributed by atoms with Gasteiger partial charge in [-0.25, -0.2) is 9.37 Å². The minimum atomic E-state index is -1.37. The summed E-state index contributed by atoms with van der Waals surface area (Å²) in [5.41, 5.74) is 6.17. The quantitative estimate of drug-likeness (QED) is 0.906. The normalized spacial score (nSPS) is 14.6. The van der Waals surface area contributed by atoms with Crippen molar-refractivity contribution in [2.24, 2.45) is 11.7 Å². The van der Waals surface area contributed by atoms with E-state index >= 15 is 0 Å².